The Balaban J connectivity index is 2.04. The van der Waals surface area contributed by atoms with Gasteiger partial charge in [-0.1, -0.05) is 24.3 Å². The molecule has 5 nitrogen and oxygen atoms in total. The van der Waals surface area contributed by atoms with Crippen molar-refractivity contribution in [2.75, 3.05) is 11.6 Å². The summed E-state index contributed by atoms with van der Waals surface area (Å²) >= 11 is 1.46. The Kier molecular flexibility index (Phi) is 4.54. The van der Waals surface area contributed by atoms with Crippen molar-refractivity contribution in [2.45, 2.75) is 25.9 Å². The summed E-state index contributed by atoms with van der Waals surface area (Å²) in [5.41, 5.74) is 2.14. The first kappa shape index (κ1) is 14.7. The highest BCUT2D eigenvalue weighted by atomic mass is 32.2. The molecule has 20 heavy (non-hydrogen) atoms. The fourth-order valence-corrected chi connectivity index (χ4v) is 3.41. The number of nitrogens with one attached hydrogen (secondary N) is 1. The van der Waals surface area contributed by atoms with Gasteiger partial charge < -0.3 is 15.3 Å². The lowest BCUT2D eigenvalue weighted by molar-refractivity contribution is -0.140. The van der Waals surface area contributed by atoms with E-state index >= 15 is 0 Å². The van der Waals surface area contributed by atoms with E-state index in [0.29, 0.717) is 11.6 Å². The Hall–Kier alpha value is -1.69. The second-order valence-electron chi connectivity index (χ2n) is 4.85. The second kappa shape index (κ2) is 6.17. The lowest BCUT2D eigenvalue weighted by Gasteiger charge is -2.24. The van der Waals surface area contributed by atoms with E-state index < -0.39 is 12.0 Å². The molecule has 1 heterocycles. The van der Waals surface area contributed by atoms with Crippen LogP contribution in [0.2, 0.25) is 0 Å². The van der Waals surface area contributed by atoms with Crippen LogP contribution in [0.25, 0.3) is 0 Å². The molecule has 1 saturated heterocycles. The zero-order valence-electron chi connectivity index (χ0n) is 11.5. The van der Waals surface area contributed by atoms with E-state index in [9.17, 15) is 9.59 Å². The molecule has 0 aromatic heterocycles. The molecule has 2 unspecified atom stereocenters. The molecule has 1 aliphatic heterocycles. The van der Waals surface area contributed by atoms with Crippen LogP contribution < -0.4 is 5.32 Å². The summed E-state index contributed by atoms with van der Waals surface area (Å²) in [5, 5.41) is 12.0. The average molecular weight is 294 g/mol. The zero-order valence-corrected chi connectivity index (χ0v) is 12.3. The normalized spacial score (nSPS) is 19.7. The zero-order chi connectivity index (χ0) is 14.7. The minimum Gasteiger partial charge on any atom is -0.480 e. The van der Waals surface area contributed by atoms with E-state index in [1.807, 2.05) is 38.1 Å². The van der Waals surface area contributed by atoms with Gasteiger partial charge in [0.2, 0.25) is 0 Å². The van der Waals surface area contributed by atoms with Crippen LogP contribution >= 0.6 is 11.8 Å². The van der Waals surface area contributed by atoms with Gasteiger partial charge in [-0.05, 0) is 25.0 Å². The van der Waals surface area contributed by atoms with Gasteiger partial charge in [-0.15, -0.1) is 11.8 Å². The van der Waals surface area contributed by atoms with Crippen molar-refractivity contribution in [1.29, 1.82) is 0 Å². The van der Waals surface area contributed by atoms with Crippen LogP contribution in [0, 0.1) is 6.92 Å². The van der Waals surface area contributed by atoms with Crippen molar-refractivity contribution >= 4 is 23.8 Å². The quantitative estimate of drug-likeness (QED) is 0.897. The lowest BCUT2D eigenvalue weighted by atomic mass is 10.0. The van der Waals surface area contributed by atoms with Gasteiger partial charge in [-0.25, -0.2) is 9.59 Å². The first-order chi connectivity index (χ1) is 9.50. The van der Waals surface area contributed by atoms with Crippen molar-refractivity contribution in [3.05, 3.63) is 35.4 Å². The van der Waals surface area contributed by atoms with Crippen LogP contribution in [0.1, 0.15) is 24.1 Å². The van der Waals surface area contributed by atoms with E-state index in [4.69, 9.17) is 5.11 Å². The largest absolute Gasteiger partial charge is 0.480 e. The minimum absolute atomic E-state index is 0.149. The predicted molar refractivity (Wildman–Crippen MR) is 78.7 cm³/mol. The molecule has 1 aromatic rings. The molecule has 2 amide bonds. The number of amides is 2. The van der Waals surface area contributed by atoms with Crippen molar-refractivity contribution in [2.24, 2.45) is 0 Å². The third-order valence-corrected chi connectivity index (χ3v) is 4.44. The maximum absolute atomic E-state index is 12.2. The molecule has 6 heteroatoms. The van der Waals surface area contributed by atoms with E-state index in [0.717, 1.165) is 11.1 Å². The monoisotopic (exact) mass is 294 g/mol. The number of rotatable bonds is 3. The first-order valence-corrected chi connectivity index (χ1v) is 7.59. The number of thioether (sulfide) groups is 1. The third kappa shape index (κ3) is 3.07. The number of carboxylic acid groups (broad SMARTS) is 1. The third-order valence-electron chi connectivity index (χ3n) is 3.42. The van der Waals surface area contributed by atoms with Gasteiger partial charge in [0.15, 0.2) is 0 Å². The van der Waals surface area contributed by atoms with Crippen molar-refractivity contribution in [1.82, 2.24) is 10.2 Å². The highest BCUT2D eigenvalue weighted by Gasteiger charge is 2.35. The SMILES string of the molecule is Cc1ccccc1C(C)NC(=O)N1CSCC1C(=O)O. The number of aryl methyl sites for hydroxylation is 1. The summed E-state index contributed by atoms with van der Waals surface area (Å²) in [5.74, 6) is -0.0844. The van der Waals surface area contributed by atoms with Gasteiger partial charge in [0.25, 0.3) is 0 Å². The highest BCUT2D eigenvalue weighted by Crippen LogP contribution is 2.23. The van der Waals surface area contributed by atoms with Crippen LogP contribution in [0.15, 0.2) is 24.3 Å². The summed E-state index contributed by atoms with van der Waals surface area (Å²) in [6.07, 6.45) is 0. The summed E-state index contributed by atoms with van der Waals surface area (Å²) < 4.78 is 0. The van der Waals surface area contributed by atoms with Crippen molar-refractivity contribution in [3.8, 4) is 0 Å². The van der Waals surface area contributed by atoms with E-state index in [1.54, 1.807) is 0 Å². The van der Waals surface area contributed by atoms with Gasteiger partial charge in [0.1, 0.15) is 6.04 Å². The van der Waals surface area contributed by atoms with E-state index in [-0.39, 0.29) is 12.1 Å². The molecule has 0 aliphatic carbocycles. The number of nitrogens with zero attached hydrogens (tertiary/aromatic N) is 1. The maximum atomic E-state index is 12.2. The smallest absolute Gasteiger partial charge is 0.327 e. The molecule has 0 bridgehead atoms. The first-order valence-electron chi connectivity index (χ1n) is 6.44. The predicted octanol–water partition coefficient (Wildman–Crippen LogP) is 2.23. The van der Waals surface area contributed by atoms with E-state index in [1.165, 1.54) is 16.7 Å². The molecule has 2 rings (SSSR count). The van der Waals surface area contributed by atoms with Crippen LogP contribution in [0.5, 0.6) is 0 Å². The number of carbonyl (C=O) groups excluding carboxylic acids is 1. The van der Waals surface area contributed by atoms with Crippen LogP contribution in [-0.2, 0) is 4.79 Å². The lowest BCUT2D eigenvalue weighted by Crippen LogP contribution is -2.47. The molecule has 108 valence electrons. The Labute approximate surface area is 122 Å². The van der Waals surface area contributed by atoms with Crippen LogP contribution in [-0.4, -0.2) is 39.7 Å². The molecule has 0 spiro atoms. The van der Waals surface area contributed by atoms with Gasteiger partial charge in [0, 0.05) is 5.75 Å². The topological polar surface area (TPSA) is 69.6 Å². The highest BCUT2D eigenvalue weighted by molar-refractivity contribution is 7.99. The standard InChI is InChI=1S/C14H18N2O3S/c1-9-5-3-4-6-11(9)10(2)15-14(19)16-8-20-7-12(16)13(17)18/h3-6,10,12H,7-8H2,1-2H3,(H,15,19)(H,17,18). The molecular weight excluding hydrogens is 276 g/mol. The summed E-state index contributed by atoms with van der Waals surface area (Å²) in [7, 11) is 0. The Morgan fingerprint density at radius 2 is 2.15 bits per heavy atom. The van der Waals surface area contributed by atoms with Crippen molar-refractivity contribution < 1.29 is 14.7 Å². The second-order valence-corrected chi connectivity index (χ2v) is 5.85. The van der Waals surface area contributed by atoms with Gasteiger partial charge >= 0.3 is 12.0 Å². The number of benzene rings is 1. The molecule has 2 N–H and O–H groups in total. The number of urea groups is 1. The molecule has 0 radical (unpaired) electrons. The molecule has 1 fully saturated rings. The minimum atomic E-state index is -0.950. The number of carbonyl (C=O) groups is 2. The fraction of sp³-hybridized carbons (Fsp3) is 0.429. The maximum Gasteiger partial charge on any atom is 0.327 e. The van der Waals surface area contributed by atoms with Gasteiger partial charge in [-0.2, -0.15) is 0 Å². The van der Waals surface area contributed by atoms with Crippen LogP contribution in [0.3, 0.4) is 0 Å². The molecule has 1 aromatic carbocycles. The Morgan fingerprint density at radius 3 is 2.80 bits per heavy atom. The van der Waals surface area contributed by atoms with Crippen LogP contribution in [0.4, 0.5) is 4.79 Å². The van der Waals surface area contributed by atoms with Gasteiger partial charge in [0.05, 0.1) is 11.9 Å². The molecular formula is C14H18N2O3S. The van der Waals surface area contributed by atoms with E-state index in [2.05, 4.69) is 5.32 Å². The molecule has 0 saturated carbocycles. The number of hydrogen-bond donors (Lipinski definition) is 2. The average Bonchev–Trinajstić information content (AvgIpc) is 2.88. The molecule has 1 aliphatic rings. The Morgan fingerprint density at radius 1 is 1.45 bits per heavy atom. The van der Waals surface area contributed by atoms with Crippen molar-refractivity contribution in [3.63, 3.8) is 0 Å². The van der Waals surface area contributed by atoms with Gasteiger partial charge in [-0.3, -0.25) is 0 Å². The summed E-state index contributed by atoms with van der Waals surface area (Å²) in [4.78, 5) is 24.7. The number of aliphatic carboxylic acids is 1. The number of carboxylic acids is 1. The fourth-order valence-electron chi connectivity index (χ4n) is 2.27. The Bertz CT molecular complexity index is 521. The molecule has 2 atom stereocenters. The number of hydrogen-bond acceptors (Lipinski definition) is 3. The summed E-state index contributed by atoms with van der Waals surface area (Å²) in [6.45, 7) is 3.89. The summed E-state index contributed by atoms with van der Waals surface area (Å²) in [6, 6.07) is 6.63.